The molecule has 0 saturated carbocycles. The summed E-state index contributed by atoms with van der Waals surface area (Å²) in [5.41, 5.74) is 2.32. The van der Waals surface area contributed by atoms with Gasteiger partial charge in [0.15, 0.2) is 4.34 Å². The molecule has 1 N–H and O–H groups in total. The van der Waals surface area contributed by atoms with E-state index in [0.717, 1.165) is 15.6 Å². The van der Waals surface area contributed by atoms with Gasteiger partial charge >= 0.3 is 0 Å². The topological polar surface area (TPSA) is 93.8 Å². The van der Waals surface area contributed by atoms with Crippen molar-refractivity contribution in [3.63, 3.8) is 0 Å². The number of benzene rings is 1. The second-order valence-electron chi connectivity index (χ2n) is 5.88. The van der Waals surface area contributed by atoms with E-state index in [9.17, 15) is 4.79 Å². The van der Waals surface area contributed by atoms with Gasteiger partial charge in [0.1, 0.15) is 0 Å². The first kappa shape index (κ1) is 19.6. The SMILES string of the molecule is O=C(CSc1nc(Cc2nc(-c3cccnc3)no2)cs1)Nc1ccc(Cl)cc1. The molecule has 29 heavy (non-hydrogen) atoms. The van der Waals surface area contributed by atoms with Gasteiger partial charge in [-0.1, -0.05) is 28.5 Å². The van der Waals surface area contributed by atoms with Crippen molar-refractivity contribution in [2.75, 3.05) is 11.1 Å². The number of aromatic nitrogens is 4. The average molecular weight is 444 g/mol. The number of carbonyl (C=O) groups is 1. The van der Waals surface area contributed by atoms with Gasteiger partial charge in [-0.3, -0.25) is 9.78 Å². The second-order valence-corrected chi connectivity index (χ2v) is 8.40. The molecule has 10 heteroatoms. The lowest BCUT2D eigenvalue weighted by Gasteiger charge is -2.03. The average Bonchev–Trinajstić information content (AvgIpc) is 3.39. The summed E-state index contributed by atoms with van der Waals surface area (Å²) in [6.45, 7) is 0. The highest BCUT2D eigenvalue weighted by Crippen LogP contribution is 2.24. The zero-order valence-corrected chi connectivity index (χ0v) is 17.3. The van der Waals surface area contributed by atoms with E-state index in [2.05, 4.69) is 25.4 Å². The fraction of sp³-hybridized carbons (Fsp3) is 0.105. The van der Waals surface area contributed by atoms with Crippen molar-refractivity contribution in [2.24, 2.45) is 0 Å². The summed E-state index contributed by atoms with van der Waals surface area (Å²) < 4.78 is 6.10. The van der Waals surface area contributed by atoms with E-state index >= 15 is 0 Å². The minimum atomic E-state index is -0.105. The Labute approximate surface area is 179 Å². The zero-order chi connectivity index (χ0) is 20.1. The molecule has 1 aromatic carbocycles. The largest absolute Gasteiger partial charge is 0.339 e. The number of halogens is 1. The summed E-state index contributed by atoms with van der Waals surface area (Å²) in [5, 5.41) is 9.35. The highest BCUT2D eigenvalue weighted by atomic mass is 35.5. The monoisotopic (exact) mass is 443 g/mol. The Morgan fingerprint density at radius 3 is 2.86 bits per heavy atom. The van der Waals surface area contributed by atoms with Crippen molar-refractivity contribution in [1.82, 2.24) is 20.1 Å². The van der Waals surface area contributed by atoms with Crippen molar-refractivity contribution in [3.05, 3.63) is 70.8 Å². The Morgan fingerprint density at radius 1 is 1.21 bits per heavy atom. The number of amides is 1. The third kappa shape index (κ3) is 5.41. The molecule has 0 atom stereocenters. The van der Waals surface area contributed by atoms with Gasteiger partial charge in [0, 0.05) is 34.0 Å². The van der Waals surface area contributed by atoms with Gasteiger partial charge in [0.2, 0.25) is 17.6 Å². The predicted molar refractivity (Wildman–Crippen MR) is 113 cm³/mol. The molecular weight excluding hydrogens is 430 g/mol. The fourth-order valence-electron chi connectivity index (χ4n) is 2.39. The number of rotatable bonds is 7. The van der Waals surface area contributed by atoms with Crippen LogP contribution in [0, 0.1) is 0 Å². The van der Waals surface area contributed by atoms with Crippen molar-refractivity contribution >= 4 is 46.3 Å². The molecule has 0 aliphatic heterocycles. The van der Waals surface area contributed by atoms with Crippen LogP contribution < -0.4 is 5.32 Å². The molecule has 0 aliphatic carbocycles. The molecule has 0 bridgehead atoms. The van der Waals surface area contributed by atoms with E-state index in [0.29, 0.717) is 28.8 Å². The Bertz CT molecular complexity index is 1100. The molecule has 4 aromatic rings. The molecule has 3 heterocycles. The number of thiazole rings is 1. The number of hydrogen-bond acceptors (Lipinski definition) is 8. The smallest absolute Gasteiger partial charge is 0.234 e. The number of thioether (sulfide) groups is 1. The summed E-state index contributed by atoms with van der Waals surface area (Å²) in [6, 6.07) is 10.7. The molecule has 7 nitrogen and oxygen atoms in total. The maximum atomic E-state index is 12.1. The third-order valence-electron chi connectivity index (χ3n) is 3.71. The van der Waals surface area contributed by atoms with Crippen molar-refractivity contribution in [2.45, 2.75) is 10.8 Å². The van der Waals surface area contributed by atoms with Crippen LogP contribution in [-0.4, -0.2) is 31.8 Å². The molecule has 0 aliphatic rings. The van der Waals surface area contributed by atoms with E-state index in [4.69, 9.17) is 16.1 Å². The second kappa shape index (κ2) is 9.17. The fourth-order valence-corrected chi connectivity index (χ4v) is 4.16. The number of anilines is 1. The number of pyridine rings is 1. The molecule has 146 valence electrons. The summed E-state index contributed by atoms with van der Waals surface area (Å²) in [4.78, 5) is 25.0. The van der Waals surface area contributed by atoms with Gasteiger partial charge in [-0.05, 0) is 36.4 Å². The molecule has 0 saturated heterocycles. The summed E-state index contributed by atoms with van der Waals surface area (Å²) in [5.74, 6) is 1.14. The van der Waals surface area contributed by atoms with Crippen LogP contribution in [0.5, 0.6) is 0 Å². The standard InChI is InChI=1S/C19H14ClN5O2S2/c20-13-3-5-14(6-4-13)22-16(26)11-29-19-23-15(10-28-19)8-17-24-18(25-27-17)12-2-1-7-21-9-12/h1-7,9-10H,8,11H2,(H,22,26). The van der Waals surface area contributed by atoms with Gasteiger partial charge in [-0.2, -0.15) is 4.98 Å². The van der Waals surface area contributed by atoms with Crippen molar-refractivity contribution in [3.8, 4) is 11.4 Å². The molecule has 4 rings (SSSR count). The van der Waals surface area contributed by atoms with E-state index in [1.807, 2.05) is 17.5 Å². The van der Waals surface area contributed by atoms with Crippen LogP contribution in [0.3, 0.4) is 0 Å². The van der Waals surface area contributed by atoms with E-state index < -0.39 is 0 Å². The van der Waals surface area contributed by atoms with E-state index in [1.165, 1.54) is 23.1 Å². The Hall–Kier alpha value is -2.75. The molecule has 3 aromatic heterocycles. The zero-order valence-electron chi connectivity index (χ0n) is 14.9. The minimum absolute atomic E-state index is 0.105. The first-order valence-electron chi connectivity index (χ1n) is 8.51. The van der Waals surface area contributed by atoms with Crippen molar-refractivity contribution in [1.29, 1.82) is 0 Å². The Morgan fingerprint density at radius 2 is 2.07 bits per heavy atom. The molecule has 0 unspecified atom stereocenters. The quantitative estimate of drug-likeness (QED) is 0.418. The van der Waals surface area contributed by atoms with Crippen LogP contribution in [0.25, 0.3) is 11.4 Å². The van der Waals surface area contributed by atoms with Gasteiger partial charge in [0.25, 0.3) is 0 Å². The van der Waals surface area contributed by atoms with Crippen LogP contribution in [0.15, 0.2) is 63.0 Å². The Balaban J connectivity index is 1.30. The van der Waals surface area contributed by atoms with Crippen molar-refractivity contribution < 1.29 is 9.32 Å². The number of carbonyl (C=O) groups excluding carboxylic acids is 1. The first-order valence-corrected chi connectivity index (χ1v) is 10.8. The van der Waals surface area contributed by atoms with Gasteiger partial charge in [-0.15, -0.1) is 11.3 Å². The number of hydrogen-bond donors (Lipinski definition) is 1. The van der Waals surface area contributed by atoms with E-state index in [-0.39, 0.29) is 11.7 Å². The normalized spacial score (nSPS) is 10.8. The lowest BCUT2D eigenvalue weighted by molar-refractivity contribution is -0.113. The third-order valence-corrected chi connectivity index (χ3v) is 6.03. The number of nitrogens with zero attached hydrogens (tertiary/aromatic N) is 4. The Kier molecular flexibility index (Phi) is 6.18. The van der Waals surface area contributed by atoms with Gasteiger partial charge < -0.3 is 9.84 Å². The predicted octanol–water partition coefficient (Wildman–Crippen LogP) is 4.56. The summed E-state index contributed by atoms with van der Waals surface area (Å²) in [6.07, 6.45) is 3.80. The maximum Gasteiger partial charge on any atom is 0.234 e. The van der Waals surface area contributed by atoms with Crippen LogP contribution in [-0.2, 0) is 11.2 Å². The van der Waals surface area contributed by atoms with E-state index in [1.54, 1.807) is 36.7 Å². The lowest BCUT2D eigenvalue weighted by Crippen LogP contribution is -2.13. The summed E-state index contributed by atoms with van der Waals surface area (Å²) in [7, 11) is 0. The van der Waals surface area contributed by atoms with Crippen LogP contribution in [0.2, 0.25) is 5.02 Å². The van der Waals surface area contributed by atoms with Crippen LogP contribution in [0.4, 0.5) is 5.69 Å². The highest BCUT2D eigenvalue weighted by molar-refractivity contribution is 8.01. The van der Waals surface area contributed by atoms with Gasteiger partial charge in [0.05, 0.1) is 17.9 Å². The molecule has 1 amide bonds. The highest BCUT2D eigenvalue weighted by Gasteiger charge is 2.12. The summed E-state index contributed by atoms with van der Waals surface area (Å²) >= 11 is 8.70. The molecule has 0 spiro atoms. The lowest BCUT2D eigenvalue weighted by atomic mass is 10.3. The first-order chi connectivity index (χ1) is 14.2. The number of nitrogens with one attached hydrogen (secondary N) is 1. The molecular formula is C19H14ClN5O2S2. The maximum absolute atomic E-state index is 12.1. The minimum Gasteiger partial charge on any atom is -0.339 e. The molecule has 0 radical (unpaired) electrons. The molecule has 0 fully saturated rings. The van der Waals surface area contributed by atoms with Crippen LogP contribution in [0.1, 0.15) is 11.6 Å². The van der Waals surface area contributed by atoms with Crippen LogP contribution >= 0.6 is 34.7 Å². The van der Waals surface area contributed by atoms with Gasteiger partial charge in [-0.25, -0.2) is 4.98 Å².